The van der Waals surface area contributed by atoms with Crippen LogP contribution in [0.5, 0.6) is 0 Å². The predicted octanol–water partition coefficient (Wildman–Crippen LogP) is 0.528. The second-order valence-corrected chi connectivity index (χ2v) is 3.21. The van der Waals surface area contributed by atoms with E-state index < -0.39 is 0 Å². The maximum Gasteiger partial charge on any atom is 0.368 e. The highest BCUT2D eigenvalue weighted by molar-refractivity contribution is 5.34. The molecule has 1 heterocycles. The van der Waals surface area contributed by atoms with E-state index >= 15 is 0 Å². The van der Waals surface area contributed by atoms with Gasteiger partial charge in [0.05, 0.1) is 7.06 Å². The molecular weight excluding hydrogens is 192 g/mol. The SMILES string of the molecule is [3H]c1c(CC)cccc1-n1nnn(C)c1=O. The molecule has 0 N–H and O–H groups in total. The van der Waals surface area contributed by atoms with Crippen LogP contribution in [-0.2, 0) is 13.5 Å². The van der Waals surface area contributed by atoms with Crippen LogP contribution >= 0.6 is 0 Å². The lowest BCUT2D eigenvalue weighted by molar-refractivity contribution is 0.693. The van der Waals surface area contributed by atoms with Gasteiger partial charge >= 0.3 is 5.69 Å². The van der Waals surface area contributed by atoms with Crippen LogP contribution in [0.1, 0.15) is 13.9 Å². The Balaban J connectivity index is 2.65. The molecule has 1 aromatic carbocycles. The fraction of sp³-hybridized carbons (Fsp3) is 0.300. The minimum absolute atomic E-state index is 0.326. The Kier molecular flexibility index (Phi) is 2.06. The molecule has 0 spiro atoms. The monoisotopic (exact) mass is 206 g/mol. The molecule has 1 aromatic heterocycles. The van der Waals surface area contributed by atoms with Crippen molar-refractivity contribution in [1.82, 2.24) is 19.8 Å². The molecule has 0 radical (unpaired) electrons. The lowest BCUT2D eigenvalue weighted by Crippen LogP contribution is -2.21. The molecule has 0 saturated heterocycles. The van der Waals surface area contributed by atoms with Crippen LogP contribution in [0, 0.1) is 0 Å². The van der Waals surface area contributed by atoms with Crippen molar-refractivity contribution in [2.75, 3.05) is 0 Å². The van der Waals surface area contributed by atoms with Crippen molar-refractivity contribution in [3.05, 3.63) is 40.3 Å². The highest BCUT2D eigenvalue weighted by atomic mass is 16.2. The Bertz CT molecular complexity index is 572. The van der Waals surface area contributed by atoms with Gasteiger partial charge in [-0.3, -0.25) is 0 Å². The summed E-state index contributed by atoms with van der Waals surface area (Å²) in [6.07, 6.45) is 0.752. The van der Waals surface area contributed by atoms with Gasteiger partial charge in [-0.2, -0.15) is 9.36 Å². The third-order valence-electron chi connectivity index (χ3n) is 2.17. The first-order valence-corrected chi connectivity index (χ1v) is 4.73. The first kappa shape index (κ1) is 8.40. The maximum absolute atomic E-state index is 11.6. The number of hydrogen-bond acceptors (Lipinski definition) is 3. The summed E-state index contributed by atoms with van der Waals surface area (Å²) in [5.41, 5.74) is 1.01. The molecule has 5 nitrogen and oxygen atoms in total. The Morgan fingerprint density at radius 2 is 2.27 bits per heavy atom. The minimum Gasteiger partial charge on any atom is -0.244 e. The van der Waals surface area contributed by atoms with E-state index in [1.165, 1.54) is 7.05 Å². The van der Waals surface area contributed by atoms with E-state index in [-0.39, 0.29) is 5.69 Å². The molecular formula is C10H12N4O. The van der Waals surface area contributed by atoms with Crippen molar-refractivity contribution >= 4 is 0 Å². The van der Waals surface area contributed by atoms with Crippen molar-refractivity contribution in [2.24, 2.45) is 7.05 Å². The number of benzene rings is 1. The molecule has 0 amide bonds. The topological polar surface area (TPSA) is 52.7 Å². The molecule has 78 valence electrons. The van der Waals surface area contributed by atoms with Crippen molar-refractivity contribution in [3.8, 4) is 5.69 Å². The average molecular weight is 206 g/mol. The largest absolute Gasteiger partial charge is 0.368 e. The van der Waals surface area contributed by atoms with Crippen molar-refractivity contribution in [2.45, 2.75) is 13.3 Å². The summed E-state index contributed by atoms with van der Waals surface area (Å²) >= 11 is 0. The van der Waals surface area contributed by atoms with Gasteiger partial charge in [-0.05, 0) is 34.5 Å². The summed E-state index contributed by atoms with van der Waals surface area (Å²) in [5, 5.41) is 7.34. The zero-order chi connectivity index (χ0) is 11.7. The summed E-state index contributed by atoms with van der Waals surface area (Å²) in [4.78, 5) is 11.6. The van der Waals surface area contributed by atoms with Crippen LogP contribution in [0.25, 0.3) is 5.69 Å². The molecule has 0 saturated carbocycles. The van der Waals surface area contributed by atoms with Crippen LogP contribution in [0.15, 0.2) is 29.0 Å². The lowest BCUT2D eigenvalue weighted by Gasteiger charge is -2.00. The first-order chi connectivity index (χ1) is 7.65. The van der Waals surface area contributed by atoms with Gasteiger partial charge in [-0.1, -0.05) is 19.1 Å². The van der Waals surface area contributed by atoms with Crippen LogP contribution < -0.4 is 5.69 Å². The van der Waals surface area contributed by atoms with Crippen LogP contribution in [0.4, 0.5) is 0 Å². The standard InChI is InChI=1S/C10H12N4O/c1-3-8-5-4-6-9(7-8)14-10(15)13(2)11-12-14/h4-7H,3H2,1-2H3/i7T. The number of tetrazole rings is 1. The van der Waals surface area contributed by atoms with E-state index in [0.717, 1.165) is 21.3 Å². The summed E-state index contributed by atoms with van der Waals surface area (Å²) in [6, 6.07) is 5.70. The molecule has 0 aliphatic rings. The lowest BCUT2D eigenvalue weighted by atomic mass is 10.1. The second-order valence-electron chi connectivity index (χ2n) is 3.21. The van der Waals surface area contributed by atoms with Gasteiger partial charge in [0, 0.05) is 7.05 Å². The summed E-state index contributed by atoms with van der Waals surface area (Å²) in [6.45, 7) is 1.97. The fourth-order valence-corrected chi connectivity index (χ4v) is 1.30. The Labute approximate surface area is 88.3 Å². The zero-order valence-electron chi connectivity index (χ0n) is 9.64. The van der Waals surface area contributed by atoms with Crippen molar-refractivity contribution in [1.29, 1.82) is 0 Å². The second kappa shape index (κ2) is 3.68. The molecule has 5 heteroatoms. The van der Waals surface area contributed by atoms with E-state index in [4.69, 9.17) is 1.37 Å². The number of aryl methyl sites for hydroxylation is 2. The van der Waals surface area contributed by atoms with E-state index in [1.807, 2.05) is 19.1 Å². The van der Waals surface area contributed by atoms with Crippen molar-refractivity contribution in [3.63, 3.8) is 0 Å². The Morgan fingerprint density at radius 1 is 1.47 bits per heavy atom. The molecule has 0 atom stereocenters. The van der Waals surface area contributed by atoms with Crippen LogP contribution in [-0.4, -0.2) is 19.8 Å². The Morgan fingerprint density at radius 3 is 2.87 bits per heavy atom. The molecule has 2 aromatic rings. The number of aromatic nitrogens is 4. The number of rotatable bonds is 2. The average Bonchev–Trinajstić information content (AvgIpc) is 2.61. The van der Waals surface area contributed by atoms with Gasteiger partial charge in [-0.15, -0.1) is 0 Å². The Hall–Kier alpha value is -1.91. The number of hydrogen-bond donors (Lipinski definition) is 0. The molecule has 15 heavy (non-hydrogen) atoms. The molecule has 0 aliphatic carbocycles. The van der Waals surface area contributed by atoms with Gasteiger partial charge in [-0.25, -0.2) is 4.79 Å². The molecule has 0 aliphatic heterocycles. The van der Waals surface area contributed by atoms with E-state index in [9.17, 15) is 4.79 Å². The molecule has 0 unspecified atom stereocenters. The molecule has 0 bridgehead atoms. The van der Waals surface area contributed by atoms with Crippen LogP contribution in [0.3, 0.4) is 0 Å². The smallest absolute Gasteiger partial charge is 0.244 e. The molecule has 2 rings (SSSR count). The third kappa shape index (κ3) is 1.68. The van der Waals surface area contributed by atoms with E-state index in [1.54, 1.807) is 6.07 Å². The maximum atomic E-state index is 11.6. The van der Waals surface area contributed by atoms with E-state index in [2.05, 4.69) is 10.4 Å². The molecule has 0 fully saturated rings. The number of nitrogens with zero attached hydrogens (tertiary/aromatic N) is 4. The van der Waals surface area contributed by atoms with Gasteiger partial charge in [0.2, 0.25) is 0 Å². The summed E-state index contributed by atoms with van der Waals surface area (Å²) in [7, 11) is 1.53. The summed E-state index contributed by atoms with van der Waals surface area (Å²) in [5.74, 6) is 0. The highest BCUT2D eigenvalue weighted by Gasteiger charge is 2.05. The first-order valence-electron chi connectivity index (χ1n) is 5.23. The minimum atomic E-state index is -0.346. The van der Waals surface area contributed by atoms with Gasteiger partial charge in [0.25, 0.3) is 0 Å². The normalized spacial score (nSPS) is 11.5. The highest BCUT2D eigenvalue weighted by Crippen LogP contribution is 2.07. The summed E-state index contributed by atoms with van der Waals surface area (Å²) < 4.78 is 10.2. The third-order valence-corrected chi connectivity index (χ3v) is 2.17. The van der Waals surface area contributed by atoms with Gasteiger partial charge < -0.3 is 0 Å². The fourth-order valence-electron chi connectivity index (χ4n) is 1.30. The van der Waals surface area contributed by atoms with Gasteiger partial charge in [0.1, 0.15) is 0 Å². The van der Waals surface area contributed by atoms with Crippen LogP contribution in [0.2, 0.25) is 0 Å². The van der Waals surface area contributed by atoms with Crippen molar-refractivity contribution < 1.29 is 1.37 Å². The van der Waals surface area contributed by atoms with E-state index in [0.29, 0.717) is 11.7 Å². The predicted molar refractivity (Wildman–Crippen MR) is 56.0 cm³/mol. The van der Waals surface area contributed by atoms with Gasteiger partial charge in [0.15, 0.2) is 0 Å². The quantitative estimate of drug-likeness (QED) is 0.720. The zero-order valence-corrected chi connectivity index (χ0v) is 8.64.